The van der Waals surface area contributed by atoms with Gasteiger partial charge < -0.3 is 0 Å². The molecule has 1 nitrogen and oxygen atoms in total. The van der Waals surface area contributed by atoms with E-state index in [1.165, 1.54) is 49.7 Å². The second-order valence-electron chi connectivity index (χ2n) is 5.65. The Hall–Kier alpha value is -1.11. The van der Waals surface area contributed by atoms with E-state index >= 15 is 0 Å². The Morgan fingerprint density at radius 3 is 2.35 bits per heavy atom. The van der Waals surface area contributed by atoms with Crippen molar-refractivity contribution < 1.29 is 0 Å². The van der Waals surface area contributed by atoms with Gasteiger partial charge in [0, 0.05) is 12.8 Å². The van der Waals surface area contributed by atoms with Crippen LogP contribution in [0.4, 0.5) is 0 Å². The number of hydrogen-bond donors (Lipinski definition) is 0. The summed E-state index contributed by atoms with van der Waals surface area (Å²) in [5.74, 6) is 0. The summed E-state index contributed by atoms with van der Waals surface area (Å²) in [5, 5.41) is 0. The summed E-state index contributed by atoms with van der Waals surface area (Å²) < 4.78 is 0. The van der Waals surface area contributed by atoms with Gasteiger partial charge in [0.2, 0.25) is 0 Å². The minimum absolute atomic E-state index is 1.06. The van der Waals surface area contributed by atoms with Crippen LogP contribution in [0.5, 0.6) is 0 Å². The highest BCUT2D eigenvalue weighted by atomic mass is 14.7. The molecule has 0 aliphatic carbocycles. The predicted octanol–water partition coefficient (Wildman–Crippen LogP) is 6.28. The summed E-state index contributed by atoms with van der Waals surface area (Å²) in [6, 6.07) is 0. The molecule has 0 aliphatic heterocycles. The third kappa shape index (κ3) is 12.0. The highest BCUT2D eigenvalue weighted by molar-refractivity contribution is 5.92. The van der Waals surface area contributed by atoms with Crippen molar-refractivity contribution in [3.63, 3.8) is 0 Å². The van der Waals surface area contributed by atoms with E-state index in [-0.39, 0.29) is 0 Å². The molecule has 0 heterocycles. The van der Waals surface area contributed by atoms with Crippen molar-refractivity contribution in [1.82, 2.24) is 0 Å². The first kappa shape index (κ1) is 18.9. The Balaban J connectivity index is 3.77. The first-order valence-electron chi connectivity index (χ1n) is 8.04. The minimum atomic E-state index is 1.06. The van der Waals surface area contributed by atoms with Crippen molar-refractivity contribution in [2.24, 2.45) is 4.99 Å². The molecule has 0 saturated carbocycles. The Kier molecular flexibility index (Phi) is 12.2. The van der Waals surface area contributed by atoms with Gasteiger partial charge in [-0.25, -0.2) is 0 Å². The third-order valence-electron chi connectivity index (χ3n) is 3.58. The normalized spacial score (nSPS) is 13.2. The van der Waals surface area contributed by atoms with E-state index in [4.69, 9.17) is 0 Å². The maximum Gasteiger partial charge on any atom is 0.0313 e. The Morgan fingerprint density at radius 2 is 1.70 bits per heavy atom. The fraction of sp³-hybridized carbons (Fsp3) is 0.632. The Morgan fingerprint density at radius 1 is 1.00 bits per heavy atom. The summed E-state index contributed by atoms with van der Waals surface area (Å²) >= 11 is 0. The molecule has 114 valence electrons. The van der Waals surface area contributed by atoms with Gasteiger partial charge in [-0.2, -0.15) is 0 Å². The Bertz CT molecular complexity index is 345. The lowest BCUT2D eigenvalue weighted by atomic mass is 10.0. The van der Waals surface area contributed by atoms with Crippen molar-refractivity contribution in [1.29, 1.82) is 0 Å². The average Bonchev–Trinajstić information content (AvgIpc) is 2.44. The number of aliphatic imine (C=N–C) groups is 1. The molecule has 0 unspecified atom stereocenters. The maximum atomic E-state index is 4.20. The zero-order chi connectivity index (χ0) is 15.2. The number of rotatable bonds is 11. The molecule has 1 heteroatoms. The number of allylic oxidation sites excluding steroid dienone is 5. The molecule has 0 amide bonds. The molecule has 0 aliphatic rings. The average molecular weight is 275 g/mol. The molecule has 0 atom stereocenters. The summed E-state index contributed by atoms with van der Waals surface area (Å²) in [7, 11) is 1.82. The first-order valence-corrected chi connectivity index (χ1v) is 8.04. The van der Waals surface area contributed by atoms with Crippen LogP contribution in [0.2, 0.25) is 0 Å². The lowest BCUT2D eigenvalue weighted by molar-refractivity contribution is 0.624. The van der Waals surface area contributed by atoms with Crippen molar-refractivity contribution in [3.05, 3.63) is 36.0 Å². The van der Waals surface area contributed by atoms with Crippen LogP contribution < -0.4 is 0 Å². The van der Waals surface area contributed by atoms with E-state index in [0.29, 0.717) is 0 Å². The van der Waals surface area contributed by atoms with Crippen molar-refractivity contribution in [2.75, 3.05) is 7.05 Å². The highest BCUT2D eigenvalue weighted by Crippen LogP contribution is 2.16. The van der Waals surface area contributed by atoms with Gasteiger partial charge in [0.25, 0.3) is 0 Å². The molecule has 0 rings (SSSR count). The molecule has 0 bridgehead atoms. The van der Waals surface area contributed by atoms with Crippen molar-refractivity contribution in [3.8, 4) is 0 Å². The van der Waals surface area contributed by atoms with Crippen LogP contribution in [0.25, 0.3) is 0 Å². The molecule has 0 aromatic carbocycles. The van der Waals surface area contributed by atoms with Gasteiger partial charge in [0.1, 0.15) is 0 Å². The summed E-state index contributed by atoms with van der Waals surface area (Å²) in [6.07, 6.45) is 16.5. The SMILES string of the molecule is C=C(CCCCCCC)CC/C(C)=C/C=C\C(C)=N\C. The molecule has 0 radical (unpaired) electrons. The van der Waals surface area contributed by atoms with Crippen LogP contribution in [0, 0.1) is 0 Å². The van der Waals surface area contributed by atoms with Crippen LogP contribution in [0.1, 0.15) is 72.1 Å². The highest BCUT2D eigenvalue weighted by Gasteiger charge is 1.97. The van der Waals surface area contributed by atoms with Crippen LogP contribution >= 0.6 is 0 Å². The lowest BCUT2D eigenvalue weighted by Gasteiger charge is -2.06. The second kappa shape index (κ2) is 12.9. The smallest absolute Gasteiger partial charge is 0.0313 e. The number of unbranched alkanes of at least 4 members (excludes halogenated alkanes) is 4. The lowest BCUT2D eigenvalue weighted by Crippen LogP contribution is -1.86. The molecule has 0 N–H and O–H groups in total. The molecular formula is C19H33N. The number of hydrogen-bond acceptors (Lipinski definition) is 1. The largest absolute Gasteiger partial charge is 0.293 e. The zero-order valence-electron chi connectivity index (χ0n) is 14.0. The van der Waals surface area contributed by atoms with Crippen molar-refractivity contribution in [2.45, 2.75) is 72.1 Å². The summed E-state index contributed by atoms with van der Waals surface area (Å²) in [5.41, 5.74) is 3.88. The molecule has 0 aromatic heterocycles. The molecule has 20 heavy (non-hydrogen) atoms. The predicted molar refractivity (Wildman–Crippen MR) is 93.7 cm³/mol. The monoisotopic (exact) mass is 275 g/mol. The van der Waals surface area contributed by atoms with Gasteiger partial charge in [-0.3, -0.25) is 4.99 Å². The van der Waals surface area contributed by atoms with Gasteiger partial charge in [0.15, 0.2) is 0 Å². The van der Waals surface area contributed by atoms with E-state index in [1.54, 1.807) is 0 Å². The topological polar surface area (TPSA) is 12.4 Å². The van der Waals surface area contributed by atoms with Gasteiger partial charge in [0.05, 0.1) is 0 Å². The number of nitrogens with zero attached hydrogens (tertiary/aromatic N) is 1. The van der Waals surface area contributed by atoms with E-state index in [9.17, 15) is 0 Å². The van der Waals surface area contributed by atoms with Gasteiger partial charge in [-0.1, -0.05) is 62.5 Å². The first-order chi connectivity index (χ1) is 9.60. The van der Waals surface area contributed by atoms with E-state index in [1.807, 2.05) is 20.0 Å². The van der Waals surface area contributed by atoms with Gasteiger partial charge in [-0.15, -0.1) is 0 Å². The standard InChI is InChI=1S/C19H33N/c1-6-7-8-9-10-12-17(2)15-16-18(3)13-11-14-19(4)20-5/h11,13-14H,2,6-10,12,15-16H2,1,3-5H3/b14-11-,18-13+,20-19+. The summed E-state index contributed by atoms with van der Waals surface area (Å²) in [4.78, 5) is 4.10. The zero-order valence-corrected chi connectivity index (χ0v) is 14.0. The second-order valence-corrected chi connectivity index (χ2v) is 5.65. The molecule has 0 fully saturated rings. The van der Waals surface area contributed by atoms with Crippen LogP contribution in [0.3, 0.4) is 0 Å². The van der Waals surface area contributed by atoms with Crippen LogP contribution in [-0.2, 0) is 0 Å². The van der Waals surface area contributed by atoms with Crippen LogP contribution in [-0.4, -0.2) is 12.8 Å². The fourth-order valence-corrected chi connectivity index (χ4v) is 1.99. The minimum Gasteiger partial charge on any atom is -0.293 e. The fourth-order valence-electron chi connectivity index (χ4n) is 1.99. The third-order valence-corrected chi connectivity index (χ3v) is 3.58. The molecule has 0 aromatic rings. The maximum absolute atomic E-state index is 4.20. The van der Waals surface area contributed by atoms with Crippen molar-refractivity contribution >= 4 is 5.71 Å². The quantitative estimate of drug-likeness (QED) is 0.182. The Labute approximate surface area is 126 Å². The molecule has 0 spiro atoms. The summed E-state index contributed by atoms with van der Waals surface area (Å²) in [6.45, 7) is 10.7. The van der Waals surface area contributed by atoms with Gasteiger partial charge in [-0.05, 0) is 45.6 Å². The van der Waals surface area contributed by atoms with E-state index < -0.39 is 0 Å². The molecule has 0 saturated heterocycles. The van der Waals surface area contributed by atoms with Crippen LogP contribution in [0.15, 0.2) is 40.9 Å². The van der Waals surface area contributed by atoms with E-state index in [0.717, 1.165) is 18.6 Å². The molecular weight excluding hydrogens is 242 g/mol. The van der Waals surface area contributed by atoms with E-state index in [2.05, 4.69) is 37.6 Å². The van der Waals surface area contributed by atoms with Gasteiger partial charge >= 0.3 is 0 Å².